The lowest BCUT2D eigenvalue weighted by atomic mass is 9.90. The fourth-order valence-electron chi connectivity index (χ4n) is 2.23. The van der Waals surface area contributed by atoms with Gasteiger partial charge >= 0.3 is 0 Å². The molecule has 0 aromatic heterocycles. The van der Waals surface area contributed by atoms with E-state index in [-0.39, 0.29) is 11.6 Å². The highest BCUT2D eigenvalue weighted by Gasteiger charge is 2.39. The van der Waals surface area contributed by atoms with Gasteiger partial charge in [-0.15, -0.1) is 0 Å². The zero-order valence-corrected chi connectivity index (χ0v) is 7.80. The number of nitrogens with zero attached hydrogens (tertiary/aromatic N) is 1. The monoisotopic (exact) mass is 157 g/mol. The van der Waals surface area contributed by atoms with Gasteiger partial charge in [0.25, 0.3) is 0 Å². The highest BCUT2D eigenvalue weighted by molar-refractivity contribution is 4.96. The molecular formula is C9H19NO. The molecule has 1 aliphatic rings. The van der Waals surface area contributed by atoms with Gasteiger partial charge < -0.3 is 10.0 Å². The predicted octanol–water partition coefficient (Wildman–Crippen LogP) is 1.24. The van der Waals surface area contributed by atoms with Gasteiger partial charge in [0, 0.05) is 5.54 Å². The van der Waals surface area contributed by atoms with E-state index in [9.17, 15) is 5.11 Å². The SMILES string of the molecule is CC(O)C1(N(C)C)CCCC1. The smallest absolute Gasteiger partial charge is 0.0695 e. The molecule has 0 aliphatic heterocycles. The standard InChI is InChI=1S/C9H19NO/c1-8(11)9(10(2)3)6-4-5-7-9/h8,11H,4-7H2,1-3H3. The normalized spacial score (nSPS) is 25.9. The topological polar surface area (TPSA) is 23.5 Å². The Morgan fingerprint density at radius 1 is 1.27 bits per heavy atom. The van der Waals surface area contributed by atoms with Crippen LogP contribution >= 0.6 is 0 Å². The third-order valence-corrected chi connectivity index (χ3v) is 3.14. The maximum atomic E-state index is 9.63. The van der Waals surface area contributed by atoms with Gasteiger partial charge in [-0.2, -0.15) is 0 Å². The van der Waals surface area contributed by atoms with Crippen molar-refractivity contribution in [1.82, 2.24) is 4.90 Å². The minimum absolute atomic E-state index is 0.0833. The summed E-state index contributed by atoms with van der Waals surface area (Å²) in [5, 5.41) is 9.63. The summed E-state index contributed by atoms with van der Waals surface area (Å²) in [7, 11) is 4.14. The van der Waals surface area contributed by atoms with Crippen LogP contribution in [0.5, 0.6) is 0 Å². The lowest BCUT2D eigenvalue weighted by Gasteiger charge is -2.39. The highest BCUT2D eigenvalue weighted by Crippen LogP contribution is 2.36. The van der Waals surface area contributed by atoms with Gasteiger partial charge in [0.05, 0.1) is 6.10 Å². The molecule has 0 aromatic carbocycles. The van der Waals surface area contributed by atoms with Crippen molar-refractivity contribution in [2.75, 3.05) is 14.1 Å². The Balaban J connectivity index is 2.70. The minimum Gasteiger partial charge on any atom is -0.391 e. The third-order valence-electron chi connectivity index (χ3n) is 3.14. The molecule has 11 heavy (non-hydrogen) atoms. The molecular weight excluding hydrogens is 138 g/mol. The lowest BCUT2D eigenvalue weighted by molar-refractivity contribution is 0.00879. The Bertz CT molecular complexity index is 116. The Hall–Kier alpha value is -0.0800. The second-order valence-corrected chi connectivity index (χ2v) is 3.88. The van der Waals surface area contributed by atoms with Gasteiger partial charge in [0.1, 0.15) is 0 Å². The Morgan fingerprint density at radius 3 is 1.91 bits per heavy atom. The molecule has 0 heterocycles. The van der Waals surface area contributed by atoms with Crippen molar-refractivity contribution in [3.8, 4) is 0 Å². The second kappa shape index (κ2) is 3.11. The molecule has 1 atom stereocenters. The molecule has 0 bridgehead atoms. The molecule has 1 rings (SSSR count). The summed E-state index contributed by atoms with van der Waals surface area (Å²) in [6.45, 7) is 1.91. The first-order valence-corrected chi connectivity index (χ1v) is 4.45. The third kappa shape index (κ3) is 1.42. The molecule has 1 saturated carbocycles. The van der Waals surface area contributed by atoms with E-state index < -0.39 is 0 Å². The van der Waals surface area contributed by atoms with Gasteiger partial charge in [-0.05, 0) is 33.9 Å². The summed E-state index contributed by atoms with van der Waals surface area (Å²) in [4.78, 5) is 2.19. The number of likely N-dealkylation sites (N-methyl/N-ethyl adjacent to an activating group) is 1. The van der Waals surface area contributed by atoms with Crippen LogP contribution < -0.4 is 0 Å². The Labute approximate surface area is 69.2 Å². The fourth-order valence-corrected chi connectivity index (χ4v) is 2.23. The molecule has 1 fully saturated rings. The second-order valence-electron chi connectivity index (χ2n) is 3.88. The van der Waals surface area contributed by atoms with Gasteiger partial charge in [0.15, 0.2) is 0 Å². The summed E-state index contributed by atoms with van der Waals surface area (Å²) < 4.78 is 0. The van der Waals surface area contributed by atoms with Crippen LogP contribution in [0.15, 0.2) is 0 Å². The molecule has 0 saturated heterocycles. The Kier molecular flexibility index (Phi) is 2.55. The predicted molar refractivity (Wildman–Crippen MR) is 46.6 cm³/mol. The molecule has 0 aromatic rings. The lowest BCUT2D eigenvalue weighted by Crippen LogP contribution is -2.50. The van der Waals surface area contributed by atoms with E-state index in [0.29, 0.717) is 0 Å². The molecule has 0 radical (unpaired) electrons. The average molecular weight is 157 g/mol. The van der Waals surface area contributed by atoms with Crippen molar-refractivity contribution >= 4 is 0 Å². The van der Waals surface area contributed by atoms with Gasteiger partial charge in [-0.1, -0.05) is 12.8 Å². The Morgan fingerprint density at radius 2 is 1.73 bits per heavy atom. The molecule has 1 N–H and O–H groups in total. The van der Waals surface area contributed by atoms with Gasteiger partial charge in [-0.25, -0.2) is 0 Å². The number of rotatable bonds is 2. The number of aliphatic hydroxyl groups is 1. The van der Waals surface area contributed by atoms with Crippen LogP contribution in [0, 0.1) is 0 Å². The molecule has 0 spiro atoms. The average Bonchev–Trinajstić information content (AvgIpc) is 2.34. The van der Waals surface area contributed by atoms with Crippen molar-refractivity contribution in [2.24, 2.45) is 0 Å². The van der Waals surface area contributed by atoms with Crippen LogP contribution in [-0.2, 0) is 0 Å². The van der Waals surface area contributed by atoms with E-state index in [1.807, 2.05) is 6.92 Å². The van der Waals surface area contributed by atoms with E-state index in [2.05, 4.69) is 19.0 Å². The van der Waals surface area contributed by atoms with Crippen molar-refractivity contribution in [3.63, 3.8) is 0 Å². The van der Waals surface area contributed by atoms with Crippen LogP contribution in [0.25, 0.3) is 0 Å². The van der Waals surface area contributed by atoms with Crippen molar-refractivity contribution in [2.45, 2.75) is 44.2 Å². The summed E-state index contributed by atoms with van der Waals surface area (Å²) in [5.74, 6) is 0. The minimum atomic E-state index is -0.194. The molecule has 1 aliphatic carbocycles. The van der Waals surface area contributed by atoms with E-state index in [1.165, 1.54) is 12.8 Å². The van der Waals surface area contributed by atoms with Gasteiger partial charge in [0.2, 0.25) is 0 Å². The first-order chi connectivity index (χ1) is 5.09. The van der Waals surface area contributed by atoms with E-state index >= 15 is 0 Å². The zero-order valence-electron chi connectivity index (χ0n) is 7.80. The first-order valence-electron chi connectivity index (χ1n) is 4.45. The van der Waals surface area contributed by atoms with Crippen LogP contribution in [0.1, 0.15) is 32.6 Å². The largest absolute Gasteiger partial charge is 0.391 e. The van der Waals surface area contributed by atoms with Crippen LogP contribution in [0.4, 0.5) is 0 Å². The van der Waals surface area contributed by atoms with Crippen molar-refractivity contribution < 1.29 is 5.11 Å². The number of hydrogen-bond acceptors (Lipinski definition) is 2. The molecule has 0 amide bonds. The van der Waals surface area contributed by atoms with E-state index in [1.54, 1.807) is 0 Å². The summed E-state index contributed by atoms with van der Waals surface area (Å²) in [6.07, 6.45) is 4.64. The quantitative estimate of drug-likeness (QED) is 0.652. The van der Waals surface area contributed by atoms with Crippen LogP contribution in [0.3, 0.4) is 0 Å². The van der Waals surface area contributed by atoms with Crippen LogP contribution in [0.2, 0.25) is 0 Å². The van der Waals surface area contributed by atoms with E-state index in [0.717, 1.165) is 12.8 Å². The summed E-state index contributed by atoms with van der Waals surface area (Å²) in [5.41, 5.74) is 0.0833. The maximum Gasteiger partial charge on any atom is 0.0695 e. The number of aliphatic hydroxyl groups excluding tert-OH is 1. The molecule has 1 unspecified atom stereocenters. The van der Waals surface area contributed by atoms with Crippen molar-refractivity contribution in [1.29, 1.82) is 0 Å². The fraction of sp³-hybridized carbons (Fsp3) is 1.00. The maximum absolute atomic E-state index is 9.63. The summed E-state index contributed by atoms with van der Waals surface area (Å²) in [6, 6.07) is 0. The first kappa shape index (κ1) is 9.01. The van der Waals surface area contributed by atoms with Crippen molar-refractivity contribution in [3.05, 3.63) is 0 Å². The molecule has 2 heteroatoms. The molecule has 2 nitrogen and oxygen atoms in total. The summed E-state index contributed by atoms with van der Waals surface area (Å²) >= 11 is 0. The number of hydrogen-bond donors (Lipinski definition) is 1. The van der Waals surface area contributed by atoms with E-state index in [4.69, 9.17) is 0 Å². The molecule has 66 valence electrons. The van der Waals surface area contributed by atoms with Crippen LogP contribution in [-0.4, -0.2) is 35.7 Å². The van der Waals surface area contributed by atoms with Gasteiger partial charge in [-0.3, -0.25) is 0 Å². The zero-order chi connectivity index (χ0) is 8.48. The highest BCUT2D eigenvalue weighted by atomic mass is 16.3.